The van der Waals surface area contributed by atoms with Gasteiger partial charge in [0.1, 0.15) is 0 Å². The summed E-state index contributed by atoms with van der Waals surface area (Å²) in [5, 5.41) is 0. The maximum Gasteiger partial charge on any atom is 0.254 e. The Kier molecular flexibility index (Phi) is 5.40. The Morgan fingerprint density at radius 3 is 2.41 bits per heavy atom. The van der Waals surface area contributed by atoms with Crippen molar-refractivity contribution in [1.82, 2.24) is 9.21 Å². The standard InChI is InChI=1S/C21H26N2O3S/c1-15-13-18(14-20(16(15)2)27(25,26)22(3)4)21(24)23-12-8-11-19(23)17-9-6-5-7-10-17/h5-7,9-10,13-14,19H,8,11-12H2,1-4H3. The van der Waals surface area contributed by atoms with Gasteiger partial charge in [-0.05, 0) is 55.5 Å². The Bertz CT molecular complexity index is 953. The average Bonchev–Trinajstić information content (AvgIpc) is 3.13. The van der Waals surface area contributed by atoms with Gasteiger partial charge < -0.3 is 4.90 Å². The largest absolute Gasteiger partial charge is 0.332 e. The fourth-order valence-electron chi connectivity index (χ4n) is 3.61. The highest BCUT2D eigenvalue weighted by molar-refractivity contribution is 7.89. The summed E-state index contributed by atoms with van der Waals surface area (Å²) in [4.78, 5) is 15.3. The van der Waals surface area contributed by atoms with Crippen LogP contribution in [0.4, 0.5) is 0 Å². The Morgan fingerprint density at radius 2 is 1.78 bits per heavy atom. The molecule has 2 aromatic rings. The molecule has 0 spiro atoms. The van der Waals surface area contributed by atoms with Crippen LogP contribution in [0.15, 0.2) is 47.4 Å². The van der Waals surface area contributed by atoms with Gasteiger partial charge in [0.2, 0.25) is 10.0 Å². The number of benzene rings is 2. The van der Waals surface area contributed by atoms with Crippen molar-refractivity contribution in [3.8, 4) is 0 Å². The number of aryl methyl sites for hydroxylation is 1. The van der Waals surface area contributed by atoms with Gasteiger partial charge in [-0.1, -0.05) is 30.3 Å². The predicted octanol–water partition coefficient (Wildman–Crippen LogP) is 3.53. The highest BCUT2D eigenvalue weighted by atomic mass is 32.2. The van der Waals surface area contributed by atoms with Crippen LogP contribution in [0.3, 0.4) is 0 Å². The number of hydrogen-bond acceptors (Lipinski definition) is 3. The van der Waals surface area contributed by atoms with Crippen molar-refractivity contribution in [2.24, 2.45) is 0 Å². The first-order valence-electron chi connectivity index (χ1n) is 9.13. The van der Waals surface area contributed by atoms with Crippen LogP contribution in [0.1, 0.15) is 45.9 Å². The third-order valence-corrected chi connectivity index (χ3v) is 7.26. The molecule has 1 aliphatic heterocycles. The lowest BCUT2D eigenvalue weighted by Crippen LogP contribution is -2.31. The van der Waals surface area contributed by atoms with E-state index in [4.69, 9.17) is 0 Å². The Balaban J connectivity index is 2.01. The molecule has 1 aliphatic rings. The molecule has 0 N–H and O–H groups in total. The van der Waals surface area contributed by atoms with Gasteiger partial charge in [-0.25, -0.2) is 12.7 Å². The Hall–Kier alpha value is -2.18. The minimum Gasteiger partial charge on any atom is -0.332 e. The number of rotatable bonds is 4. The molecule has 0 aromatic heterocycles. The average molecular weight is 387 g/mol. The van der Waals surface area contributed by atoms with Crippen LogP contribution in [0.5, 0.6) is 0 Å². The summed E-state index contributed by atoms with van der Waals surface area (Å²) in [7, 11) is -0.604. The summed E-state index contributed by atoms with van der Waals surface area (Å²) in [5.74, 6) is -0.111. The molecular weight excluding hydrogens is 360 g/mol. The van der Waals surface area contributed by atoms with Gasteiger partial charge in [0, 0.05) is 26.2 Å². The van der Waals surface area contributed by atoms with E-state index in [1.807, 2.05) is 42.2 Å². The molecule has 1 atom stereocenters. The number of nitrogens with zero attached hydrogens (tertiary/aromatic N) is 2. The number of sulfonamides is 1. The third kappa shape index (κ3) is 3.64. The summed E-state index contributed by atoms with van der Waals surface area (Å²) < 4.78 is 26.6. The second kappa shape index (κ2) is 7.44. The highest BCUT2D eigenvalue weighted by Gasteiger charge is 2.32. The molecule has 1 fully saturated rings. The molecule has 1 amide bonds. The molecule has 1 saturated heterocycles. The Labute approximate surface area is 161 Å². The summed E-state index contributed by atoms with van der Waals surface area (Å²) in [6, 6.07) is 13.4. The maximum atomic E-state index is 13.3. The molecule has 3 rings (SSSR count). The van der Waals surface area contributed by atoms with Gasteiger partial charge in [0.05, 0.1) is 10.9 Å². The lowest BCUT2D eigenvalue weighted by atomic mass is 10.0. The first-order valence-corrected chi connectivity index (χ1v) is 10.6. The molecule has 27 heavy (non-hydrogen) atoms. The maximum absolute atomic E-state index is 13.3. The first kappa shape index (κ1) is 19.6. The fraction of sp³-hybridized carbons (Fsp3) is 0.381. The number of amides is 1. The smallest absolute Gasteiger partial charge is 0.254 e. The van der Waals surface area contributed by atoms with Gasteiger partial charge in [0.25, 0.3) is 5.91 Å². The lowest BCUT2D eigenvalue weighted by molar-refractivity contribution is 0.0735. The summed E-state index contributed by atoms with van der Waals surface area (Å²) in [5.41, 5.74) is 3.03. The van der Waals surface area contributed by atoms with Gasteiger partial charge >= 0.3 is 0 Å². The van der Waals surface area contributed by atoms with Crippen molar-refractivity contribution in [3.05, 3.63) is 64.7 Å². The fourth-order valence-corrected chi connectivity index (χ4v) is 4.83. The van der Waals surface area contributed by atoms with Crippen LogP contribution in [-0.2, 0) is 10.0 Å². The number of likely N-dealkylation sites (tertiary alicyclic amines) is 1. The van der Waals surface area contributed by atoms with Crippen molar-refractivity contribution in [3.63, 3.8) is 0 Å². The summed E-state index contributed by atoms with van der Waals surface area (Å²) in [6.07, 6.45) is 1.86. The van der Waals surface area contributed by atoms with E-state index in [-0.39, 0.29) is 16.8 Å². The van der Waals surface area contributed by atoms with Crippen molar-refractivity contribution >= 4 is 15.9 Å². The van der Waals surface area contributed by atoms with E-state index in [2.05, 4.69) is 0 Å². The van der Waals surface area contributed by atoms with Crippen molar-refractivity contribution in [2.45, 2.75) is 37.6 Å². The predicted molar refractivity (Wildman–Crippen MR) is 106 cm³/mol. The second-order valence-electron chi connectivity index (χ2n) is 7.27. The van der Waals surface area contributed by atoms with Crippen LogP contribution in [0.25, 0.3) is 0 Å². The van der Waals surface area contributed by atoms with Crippen molar-refractivity contribution in [2.75, 3.05) is 20.6 Å². The van der Waals surface area contributed by atoms with Gasteiger partial charge in [-0.15, -0.1) is 0 Å². The van der Waals surface area contributed by atoms with Crippen LogP contribution >= 0.6 is 0 Å². The molecular formula is C21H26N2O3S. The first-order chi connectivity index (χ1) is 12.7. The van der Waals surface area contributed by atoms with E-state index >= 15 is 0 Å². The van der Waals surface area contributed by atoms with Gasteiger partial charge in [-0.2, -0.15) is 0 Å². The van der Waals surface area contributed by atoms with Crippen LogP contribution in [0.2, 0.25) is 0 Å². The molecule has 0 bridgehead atoms. The van der Waals surface area contributed by atoms with Crippen molar-refractivity contribution < 1.29 is 13.2 Å². The van der Waals surface area contributed by atoms with Crippen LogP contribution in [-0.4, -0.2) is 44.2 Å². The molecule has 2 aromatic carbocycles. The third-order valence-electron chi connectivity index (χ3n) is 5.32. The van der Waals surface area contributed by atoms with Crippen molar-refractivity contribution in [1.29, 1.82) is 0 Å². The van der Waals surface area contributed by atoms with E-state index < -0.39 is 10.0 Å². The zero-order valence-corrected chi connectivity index (χ0v) is 17.1. The minimum absolute atomic E-state index is 0.0363. The van der Waals surface area contributed by atoms with E-state index in [0.29, 0.717) is 17.7 Å². The number of carbonyl (C=O) groups excluding carboxylic acids is 1. The van der Waals surface area contributed by atoms with Crippen LogP contribution in [0, 0.1) is 13.8 Å². The van der Waals surface area contributed by atoms with E-state index in [1.54, 1.807) is 13.0 Å². The normalized spacial score (nSPS) is 17.5. The van der Waals surface area contributed by atoms with E-state index in [9.17, 15) is 13.2 Å². The summed E-state index contributed by atoms with van der Waals surface area (Å²) >= 11 is 0. The lowest BCUT2D eigenvalue weighted by Gasteiger charge is -2.26. The SMILES string of the molecule is Cc1cc(C(=O)N2CCCC2c2ccccc2)cc(S(=O)(=O)N(C)C)c1C. The van der Waals surface area contributed by atoms with Gasteiger partial charge in [-0.3, -0.25) is 4.79 Å². The number of carbonyl (C=O) groups is 1. The summed E-state index contributed by atoms with van der Waals surface area (Å²) in [6.45, 7) is 4.31. The van der Waals surface area contributed by atoms with E-state index in [1.165, 1.54) is 24.5 Å². The second-order valence-corrected chi connectivity index (χ2v) is 9.39. The van der Waals surface area contributed by atoms with E-state index in [0.717, 1.165) is 24.0 Å². The van der Waals surface area contributed by atoms with Crippen LogP contribution < -0.4 is 0 Å². The molecule has 6 heteroatoms. The van der Waals surface area contributed by atoms with Gasteiger partial charge in [0.15, 0.2) is 0 Å². The zero-order valence-electron chi connectivity index (χ0n) is 16.3. The zero-order chi connectivity index (χ0) is 19.8. The molecule has 5 nitrogen and oxygen atoms in total. The molecule has 0 saturated carbocycles. The molecule has 1 heterocycles. The number of hydrogen-bond donors (Lipinski definition) is 0. The molecule has 1 unspecified atom stereocenters. The molecule has 144 valence electrons. The molecule has 0 aliphatic carbocycles. The topological polar surface area (TPSA) is 57.7 Å². The monoisotopic (exact) mass is 386 g/mol. The highest BCUT2D eigenvalue weighted by Crippen LogP contribution is 2.34. The molecule has 0 radical (unpaired) electrons. The minimum atomic E-state index is -3.61. The Morgan fingerprint density at radius 1 is 1.11 bits per heavy atom. The quantitative estimate of drug-likeness (QED) is 0.808.